The van der Waals surface area contributed by atoms with Crippen LogP contribution in [0.4, 0.5) is 23.4 Å². The highest BCUT2D eigenvalue weighted by Crippen LogP contribution is 2.35. The molecule has 5 nitrogen and oxygen atoms in total. The van der Waals surface area contributed by atoms with E-state index in [1.807, 2.05) is 4.90 Å². The van der Waals surface area contributed by atoms with Crippen LogP contribution in [0.3, 0.4) is 0 Å². The van der Waals surface area contributed by atoms with Crippen LogP contribution >= 0.6 is 0 Å². The number of alkyl halides is 3. The molecule has 1 amide bonds. The topological polar surface area (TPSA) is 49.3 Å². The zero-order valence-electron chi connectivity index (χ0n) is 14.2. The first-order valence-electron chi connectivity index (χ1n) is 8.49. The van der Waals surface area contributed by atoms with Gasteiger partial charge in [-0.05, 0) is 18.2 Å². The summed E-state index contributed by atoms with van der Waals surface area (Å²) in [5.74, 6) is 0.110. The molecular formula is C18H16F4N4O. The summed E-state index contributed by atoms with van der Waals surface area (Å²) in [6.45, 7) is 2.29. The first-order valence-corrected chi connectivity index (χ1v) is 8.49. The molecule has 9 heteroatoms. The van der Waals surface area contributed by atoms with Gasteiger partial charge in [0.05, 0.1) is 17.3 Å². The largest absolute Gasteiger partial charge is 0.417 e. The van der Waals surface area contributed by atoms with E-state index >= 15 is 0 Å². The van der Waals surface area contributed by atoms with Crippen molar-refractivity contribution in [2.45, 2.75) is 6.18 Å². The Hall–Kier alpha value is -2.71. The van der Waals surface area contributed by atoms with Gasteiger partial charge in [-0.1, -0.05) is 0 Å². The van der Waals surface area contributed by atoms with Crippen molar-refractivity contribution in [1.29, 1.82) is 0 Å². The fraction of sp³-hybridized carbons (Fsp3) is 0.389. The molecule has 27 heavy (non-hydrogen) atoms. The number of likely N-dealkylation sites (tertiary alicyclic amines) is 1. The van der Waals surface area contributed by atoms with Crippen LogP contribution in [-0.2, 0) is 6.18 Å². The molecule has 4 rings (SSSR count). The second-order valence-electron chi connectivity index (χ2n) is 6.93. The van der Waals surface area contributed by atoms with Crippen molar-refractivity contribution in [2.75, 3.05) is 31.1 Å². The van der Waals surface area contributed by atoms with Crippen molar-refractivity contribution in [3.63, 3.8) is 0 Å². The molecule has 2 fully saturated rings. The van der Waals surface area contributed by atoms with Crippen LogP contribution in [0.25, 0.3) is 0 Å². The fourth-order valence-electron chi connectivity index (χ4n) is 3.80. The minimum Gasteiger partial charge on any atom is -0.356 e. The quantitative estimate of drug-likeness (QED) is 0.752. The lowest BCUT2D eigenvalue weighted by Crippen LogP contribution is -2.33. The number of anilines is 1. The minimum absolute atomic E-state index is 0.208. The predicted molar refractivity (Wildman–Crippen MR) is 88.5 cm³/mol. The van der Waals surface area contributed by atoms with Crippen molar-refractivity contribution >= 4 is 11.7 Å². The summed E-state index contributed by atoms with van der Waals surface area (Å²) < 4.78 is 51.2. The van der Waals surface area contributed by atoms with Crippen molar-refractivity contribution in [1.82, 2.24) is 14.9 Å². The van der Waals surface area contributed by atoms with E-state index in [1.165, 1.54) is 18.3 Å². The lowest BCUT2D eigenvalue weighted by molar-refractivity contribution is -0.137. The molecule has 0 N–H and O–H groups in total. The number of fused-ring (bicyclic) bond motifs is 1. The average Bonchev–Trinajstić information content (AvgIpc) is 3.19. The normalized spacial score (nSPS) is 22.2. The van der Waals surface area contributed by atoms with E-state index in [2.05, 4.69) is 9.97 Å². The van der Waals surface area contributed by atoms with E-state index in [4.69, 9.17) is 0 Å². The third-order valence-corrected chi connectivity index (χ3v) is 5.12. The predicted octanol–water partition coefficient (Wildman–Crippen LogP) is 2.84. The number of hydrogen-bond acceptors (Lipinski definition) is 4. The minimum atomic E-state index is -4.40. The highest BCUT2D eigenvalue weighted by Gasteiger charge is 2.42. The number of nitrogens with zero attached hydrogens (tertiary/aromatic N) is 4. The first-order chi connectivity index (χ1) is 12.8. The van der Waals surface area contributed by atoms with Crippen LogP contribution < -0.4 is 4.90 Å². The number of carbonyl (C=O) groups is 1. The van der Waals surface area contributed by atoms with Crippen molar-refractivity contribution < 1.29 is 22.4 Å². The van der Waals surface area contributed by atoms with Crippen molar-refractivity contribution in [2.24, 2.45) is 11.8 Å². The molecule has 2 aromatic heterocycles. The third kappa shape index (κ3) is 3.45. The summed E-state index contributed by atoms with van der Waals surface area (Å²) in [5.41, 5.74) is -0.553. The molecule has 0 aliphatic carbocycles. The van der Waals surface area contributed by atoms with Gasteiger partial charge in [-0.2, -0.15) is 13.2 Å². The highest BCUT2D eigenvalue weighted by molar-refractivity contribution is 5.94. The second-order valence-corrected chi connectivity index (χ2v) is 6.93. The Labute approximate surface area is 152 Å². The Bertz CT molecular complexity index is 841. The molecule has 0 radical (unpaired) electrons. The standard InChI is InChI=1S/C18H16F4N4O/c19-15-3-11(4-23-6-15)17(27)26-9-12-7-25(8-13(12)10-26)16-2-1-14(5-24-16)18(20,21)22/h1-6,12-13H,7-10H2. The molecular weight excluding hydrogens is 364 g/mol. The van der Waals surface area contributed by atoms with Gasteiger partial charge in [-0.3, -0.25) is 9.78 Å². The zero-order chi connectivity index (χ0) is 19.2. The van der Waals surface area contributed by atoms with Crippen LogP contribution in [0.1, 0.15) is 15.9 Å². The molecule has 4 heterocycles. The summed E-state index contributed by atoms with van der Waals surface area (Å²) in [4.78, 5) is 23.8. The van der Waals surface area contributed by atoms with E-state index in [-0.39, 0.29) is 23.3 Å². The summed E-state index contributed by atoms with van der Waals surface area (Å²) in [7, 11) is 0. The van der Waals surface area contributed by atoms with E-state index in [0.717, 1.165) is 18.5 Å². The van der Waals surface area contributed by atoms with Crippen LogP contribution in [-0.4, -0.2) is 47.0 Å². The molecule has 0 spiro atoms. The van der Waals surface area contributed by atoms with Gasteiger partial charge in [0.1, 0.15) is 11.6 Å². The molecule has 0 aromatic carbocycles. The first kappa shape index (κ1) is 17.7. The Morgan fingerprint density at radius 1 is 1.04 bits per heavy atom. The maximum absolute atomic E-state index is 13.3. The molecule has 2 aliphatic rings. The number of amides is 1. The average molecular weight is 380 g/mol. The third-order valence-electron chi connectivity index (χ3n) is 5.12. The highest BCUT2D eigenvalue weighted by atomic mass is 19.4. The van der Waals surface area contributed by atoms with E-state index < -0.39 is 17.6 Å². The molecule has 2 aliphatic heterocycles. The van der Waals surface area contributed by atoms with Crippen molar-refractivity contribution in [3.05, 3.63) is 53.7 Å². The Balaban J connectivity index is 1.40. The molecule has 142 valence electrons. The number of pyridine rings is 2. The molecule has 2 unspecified atom stereocenters. The number of aromatic nitrogens is 2. The molecule has 2 aromatic rings. The molecule has 0 bridgehead atoms. The molecule has 2 atom stereocenters. The van der Waals surface area contributed by atoms with Gasteiger partial charge in [-0.15, -0.1) is 0 Å². The van der Waals surface area contributed by atoms with Crippen LogP contribution in [0.2, 0.25) is 0 Å². The Morgan fingerprint density at radius 3 is 2.30 bits per heavy atom. The maximum atomic E-state index is 13.3. The number of hydrogen-bond donors (Lipinski definition) is 0. The van der Waals surface area contributed by atoms with Gasteiger partial charge in [0.15, 0.2) is 0 Å². The number of rotatable bonds is 2. The van der Waals surface area contributed by atoms with Gasteiger partial charge >= 0.3 is 6.18 Å². The van der Waals surface area contributed by atoms with Crippen LogP contribution in [0.5, 0.6) is 0 Å². The Kier molecular flexibility index (Phi) is 4.24. The monoisotopic (exact) mass is 380 g/mol. The molecule has 2 saturated heterocycles. The second kappa shape index (κ2) is 6.47. The smallest absolute Gasteiger partial charge is 0.356 e. The lowest BCUT2D eigenvalue weighted by Gasteiger charge is -2.22. The van der Waals surface area contributed by atoms with E-state index in [0.29, 0.717) is 32.0 Å². The van der Waals surface area contributed by atoms with Crippen LogP contribution in [0.15, 0.2) is 36.8 Å². The summed E-state index contributed by atoms with van der Waals surface area (Å²) in [6.07, 6.45) is -1.17. The summed E-state index contributed by atoms with van der Waals surface area (Å²) in [6, 6.07) is 3.58. The number of carbonyl (C=O) groups excluding carboxylic acids is 1. The van der Waals surface area contributed by atoms with Gasteiger partial charge in [-0.25, -0.2) is 9.37 Å². The van der Waals surface area contributed by atoms with E-state index in [9.17, 15) is 22.4 Å². The maximum Gasteiger partial charge on any atom is 0.417 e. The van der Waals surface area contributed by atoms with Gasteiger partial charge < -0.3 is 9.80 Å². The van der Waals surface area contributed by atoms with Gasteiger partial charge in [0, 0.05) is 50.4 Å². The summed E-state index contributed by atoms with van der Waals surface area (Å²) in [5, 5.41) is 0. The zero-order valence-corrected chi connectivity index (χ0v) is 14.2. The van der Waals surface area contributed by atoms with Gasteiger partial charge in [0.25, 0.3) is 5.91 Å². The Morgan fingerprint density at radius 2 is 1.74 bits per heavy atom. The van der Waals surface area contributed by atoms with E-state index in [1.54, 1.807) is 4.90 Å². The fourth-order valence-corrected chi connectivity index (χ4v) is 3.80. The number of halogens is 4. The summed E-state index contributed by atoms with van der Waals surface area (Å²) >= 11 is 0. The van der Waals surface area contributed by atoms with Gasteiger partial charge in [0.2, 0.25) is 0 Å². The SMILES string of the molecule is O=C(c1cncc(F)c1)N1CC2CN(c3ccc(C(F)(F)F)cn3)CC2C1. The van der Waals surface area contributed by atoms with Crippen molar-refractivity contribution in [3.8, 4) is 0 Å². The molecule has 0 saturated carbocycles. The lowest BCUT2D eigenvalue weighted by atomic mass is 10.0. The van der Waals surface area contributed by atoms with Crippen LogP contribution in [0, 0.1) is 17.7 Å².